The SMILES string of the molecule is Cc1cc(C(=O)Nn2cnc3sc(C)c(-c4ccccc4)c3c2=O)on1. The Morgan fingerprint density at radius 2 is 2.00 bits per heavy atom. The van der Waals surface area contributed by atoms with Gasteiger partial charge in [0.1, 0.15) is 11.2 Å². The summed E-state index contributed by atoms with van der Waals surface area (Å²) in [7, 11) is 0. The summed E-state index contributed by atoms with van der Waals surface area (Å²) >= 11 is 1.45. The normalized spacial score (nSPS) is 11.0. The van der Waals surface area contributed by atoms with E-state index in [0.717, 1.165) is 20.7 Å². The lowest BCUT2D eigenvalue weighted by Gasteiger charge is -2.06. The number of hydrogen-bond donors (Lipinski definition) is 1. The third-order valence-electron chi connectivity index (χ3n) is 3.93. The first-order chi connectivity index (χ1) is 12.5. The first-order valence-corrected chi connectivity index (χ1v) is 8.67. The van der Waals surface area contributed by atoms with E-state index in [1.807, 2.05) is 37.3 Å². The smallest absolute Gasteiger partial charge is 0.308 e. The lowest BCUT2D eigenvalue weighted by molar-refractivity contribution is 0.0972. The number of amides is 1. The van der Waals surface area contributed by atoms with Crippen molar-refractivity contribution in [2.24, 2.45) is 0 Å². The number of aromatic nitrogens is 3. The summed E-state index contributed by atoms with van der Waals surface area (Å²) in [4.78, 5) is 31.2. The second-order valence-electron chi connectivity index (χ2n) is 5.77. The molecule has 0 spiro atoms. The molecule has 1 N–H and O–H groups in total. The lowest BCUT2D eigenvalue weighted by Crippen LogP contribution is -2.33. The predicted octanol–water partition coefficient (Wildman–Crippen LogP) is 3.11. The van der Waals surface area contributed by atoms with E-state index in [0.29, 0.717) is 15.9 Å². The van der Waals surface area contributed by atoms with Crippen LogP contribution in [0.4, 0.5) is 0 Å². The van der Waals surface area contributed by atoms with Crippen LogP contribution in [0.3, 0.4) is 0 Å². The Hall–Kier alpha value is -3.26. The molecule has 3 heterocycles. The van der Waals surface area contributed by atoms with Crippen LogP contribution in [0.15, 0.2) is 52.0 Å². The van der Waals surface area contributed by atoms with Gasteiger partial charge in [0.05, 0.1) is 11.1 Å². The second-order valence-corrected chi connectivity index (χ2v) is 6.98. The van der Waals surface area contributed by atoms with Gasteiger partial charge < -0.3 is 4.52 Å². The highest BCUT2D eigenvalue weighted by Gasteiger charge is 2.18. The highest BCUT2D eigenvalue weighted by molar-refractivity contribution is 7.19. The predicted molar refractivity (Wildman–Crippen MR) is 99.0 cm³/mol. The molecule has 0 aliphatic carbocycles. The zero-order valence-corrected chi connectivity index (χ0v) is 14.8. The van der Waals surface area contributed by atoms with Crippen molar-refractivity contribution < 1.29 is 9.32 Å². The number of carbonyl (C=O) groups excluding carboxylic acids is 1. The number of fused-ring (bicyclic) bond motifs is 1. The summed E-state index contributed by atoms with van der Waals surface area (Å²) in [5, 5.41) is 4.15. The summed E-state index contributed by atoms with van der Waals surface area (Å²) in [6, 6.07) is 11.1. The number of thiophene rings is 1. The maximum absolute atomic E-state index is 13.0. The number of nitrogens with zero attached hydrogens (tertiary/aromatic N) is 3. The Balaban J connectivity index is 1.82. The Bertz CT molecular complexity index is 1170. The van der Waals surface area contributed by atoms with Gasteiger partial charge in [-0.2, -0.15) is 0 Å². The van der Waals surface area contributed by atoms with Crippen molar-refractivity contribution in [3.05, 3.63) is 69.4 Å². The monoisotopic (exact) mass is 366 g/mol. The molecule has 0 aliphatic heterocycles. The number of nitrogens with one attached hydrogen (secondary N) is 1. The summed E-state index contributed by atoms with van der Waals surface area (Å²) in [5.74, 6) is -0.540. The van der Waals surface area contributed by atoms with Gasteiger partial charge in [-0.25, -0.2) is 9.66 Å². The van der Waals surface area contributed by atoms with Crippen molar-refractivity contribution in [1.82, 2.24) is 14.8 Å². The van der Waals surface area contributed by atoms with Gasteiger partial charge in [0.15, 0.2) is 0 Å². The molecule has 0 radical (unpaired) electrons. The molecule has 1 amide bonds. The summed E-state index contributed by atoms with van der Waals surface area (Å²) in [6.45, 7) is 3.66. The highest BCUT2D eigenvalue weighted by Crippen LogP contribution is 2.35. The van der Waals surface area contributed by atoms with Crippen LogP contribution >= 0.6 is 11.3 Å². The van der Waals surface area contributed by atoms with Crippen LogP contribution < -0.4 is 11.0 Å². The molecule has 8 heteroatoms. The topological polar surface area (TPSA) is 90.0 Å². The zero-order chi connectivity index (χ0) is 18.3. The molecule has 0 unspecified atom stereocenters. The quantitative estimate of drug-likeness (QED) is 0.602. The molecule has 3 aromatic heterocycles. The average Bonchev–Trinajstić information content (AvgIpc) is 3.21. The Kier molecular flexibility index (Phi) is 3.89. The van der Waals surface area contributed by atoms with E-state index in [-0.39, 0.29) is 11.3 Å². The van der Waals surface area contributed by atoms with Crippen molar-refractivity contribution in [2.45, 2.75) is 13.8 Å². The third-order valence-corrected chi connectivity index (χ3v) is 4.94. The number of rotatable bonds is 3. The van der Waals surface area contributed by atoms with Gasteiger partial charge in [-0.3, -0.25) is 15.0 Å². The van der Waals surface area contributed by atoms with Gasteiger partial charge in [0, 0.05) is 16.5 Å². The van der Waals surface area contributed by atoms with Gasteiger partial charge in [-0.15, -0.1) is 11.3 Å². The summed E-state index contributed by atoms with van der Waals surface area (Å²) < 4.78 is 6.00. The maximum atomic E-state index is 13.0. The van der Waals surface area contributed by atoms with Crippen LogP contribution in [-0.2, 0) is 0 Å². The van der Waals surface area contributed by atoms with Gasteiger partial charge in [-0.1, -0.05) is 35.5 Å². The van der Waals surface area contributed by atoms with Crippen LogP contribution in [0, 0.1) is 13.8 Å². The highest BCUT2D eigenvalue weighted by atomic mass is 32.1. The number of carbonyl (C=O) groups is 1. The van der Waals surface area contributed by atoms with E-state index < -0.39 is 5.91 Å². The largest absolute Gasteiger partial charge is 0.351 e. The fourth-order valence-electron chi connectivity index (χ4n) is 2.77. The summed E-state index contributed by atoms with van der Waals surface area (Å²) in [5.41, 5.74) is 4.50. The van der Waals surface area contributed by atoms with Gasteiger partial charge in [-0.05, 0) is 19.4 Å². The van der Waals surface area contributed by atoms with E-state index in [9.17, 15) is 9.59 Å². The van der Waals surface area contributed by atoms with Crippen molar-refractivity contribution in [1.29, 1.82) is 0 Å². The van der Waals surface area contributed by atoms with Crippen molar-refractivity contribution in [2.75, 3.05) is 5.43 Å². The minimum Gasteiger partial charge on any atom is -0.351 e. The van der Waals surface area contributed by atoms with Crippen LogP contribution in [0.1, 0.15) is 21.1 Å². The van der Waals surface area contributed by atoms with Gasteiger partial charge >= 0.3 is 5.91 Å². The van der Waals surface area contributed by atoms with E-state index >= 15 is 0 Å². The number of benzene rings is 1. The molecule has 0 atom stereocenters. The Labute approximate surface area is 151 Å². The van der Waals surface area contributed by atoms with E-state index in [2.05, 4.69) is 15.6 Å². The molecule has 7 nitrogen and oxygen atoms in total. The second kappa shape index (κ2) is 6.23. The molecule has 26 heavy (non-hydrogen) atoms. The van der Waals surface area contributed by atoms with Gasteiger partial charge in [0.2, 0.25) is 5.76 Å². The van der Waals surface area contributed by atoms with E-state index in [4.69, 9.17) is 4.52 Å². The van der Waals surface area contributed by atoms with E-state index in [1.165, 1.54) is 23.7 Å². The molecule has 0 bridgehead atoms. The minimum absolute atomic E-state index is 0.0271. The number of hydrogen-bond acceptors (Lipinski definition) is 6. The maximum Gasteiger partial charge on any atom is 0.308 e. The van der Waals surface area contributed by atoms with Crippen LogP contribution in [0.5, 0.6) is 0 Å². The molecule has 0 fully saturated rings. The molecule has 4 rings (SSSR count). The van der Waals surface area contributed by atoms with Gasteiger partial charge in [0.25, 0.3) is 5.56 Å². The van der Waals surface area contributed by atoms with Crippen molar-refractivity contribution in [3.8, 4) is 11.1 Å². The van der Waals surface area contributed by atoms with Crippen molar-refractivity contribution in [3.63, 3.8) is 0 Å². The van der Waals surface area contributed by atoms with E-state index in [1.54, 1.807) is 6.92 Å². The molecular weight excluding hydrogens is 352 g/mol. The Morgan fingerprint density at radius 1 is 1.23 bits per heavy atom. The molecule has 0 aliphatic rings. The van der Waals surface area contributed by atoms with Crippen molar-refractivity contribution >= 4 is 27.5 Å². The lowest BCUT2D eigenvalue weighted by atomic mass is 10.0. The standard InChI is InChI=1S/C18H14N4O3S/c1-10-8-13(25-21-10)16(23)20-22-9-19-17-15(18(22)24)14(11(2)26-17)12-6-4-3-5-7-12/h3-9H,1-2H3,(H,20,23). The van der Waals surface area contributed by atoms with Crippen LogP contribution in [0.2, 0.25) is 0 Å². The van der Waals surface area contributed by atoms with Crippen LogP contribution in [-0.4, -0.2) is 20.7 Å². The average molecular weight is 366 g/mol. The first-order valence-electron chi connectivity index (χ1n) is 7.85. The number of aryl methyl sites for hydroxylation is 2. The fraction of sp³-hybridized carbons (Fsp3) is 0.111. The molecular formula is C18H14N4O3S. The molecule has 130 valence electrons. The fourth-order valence-corrected chi connectivity index (χ4v) is 3.77. The molecule has 1 aromatic carbocycles. The summed E-state index contributed by atoms with van der Waals surface area (Å²) in [6.07, 6.45) is 1.30. The van der Waals surface area contributed by atoms with Crippen LogP contribution in [0.25, 0.3) is 21.3 Å². The molecule has 0 saturated heterocycles. The third kappa shape index (κ3) is 2.70. The minimum atomic E-state index is -0.568. The first kappa shape index (κ1) is 16.2. The Morgan fingerprint density at radius 3 is 2.69 bits per heavy atom. The molecule has 0 saturated carbocycles. The molecule has 4 aromatic rings. The zero-order valence-electron chi connectivity index (χ0n) is 14.0.